The maximum atomic E-state index is 13.6. The summed E-state index contributed by atoms with van der Waals surface area (Å²) in [7, 11) is 0. The van der Waals surface area contributed by atoms with Crippen molar-refractivity contribution in [2.45, 2.75) is 31.1 Å². The maximum absolute atomic E-state index is 13.6. The Morgan fingerprint density at radius 3 is 2.39 bits per heavy atom. The highest BCUT2D eigenvalue weighted by Crippen LogP contribution is 2.52. The molecule has 0 amide bonds. The molecule has 1 saturated carbocycles. The molecule has 2 rings (SSSR count). The third-order valence-electron chi connectivity index (χ3n) is 3.22. The average Bonchev–Trinajstić information content (AvgIpc) is 3.01. The van der Waals surface area contributed by atoms with Crippen molar-refractivity contribution < 1.29 is 27.5 Å². The van der Waals surface area contributed by atoms with Gasteiger partial charge in [-0.25, -0.2) is 17.6 Å². The van der Waals surface area contributed by atoms with Gasteiger partial charge in [-0.2, -0.15) is 0 Å². The molecule has 1 fully saturated rings. The molecule has 0 atom stereocenters. The quantitative estimate of drug-likeness (QED) is 0.844. The first-order chi connectivity index (χ1) is 8.35. The fraction of sp³-hybridized carbons (Fsp3) is 0.417. The van der Waals surface area contributed by atoms with Gasteiger partial charge in [0, 0.05) is 11.0 Å². The summed E-state index contributed by atoms with van der Waals surface area (Å²) >= 11 is 0. The van der Waals surface area contributed by atoms with Gasteiger partial charge in [0.2, 0.25) is 0 Å². The highest BCUT2D eigenvalue weighted by molar-refractivity contribution is 5.70. The zero-order valence-corrected chi connectivity index (χ0v) is 9.22. The molecule has 0 aliphatic heterocycles. The molecular formula is C12H10F4O2. The molecular weight excluding hydrogens is 252 g/mol. The van der Waals surface area contributed by atoms with Crippen LogP contribution in [0.2, 0.25) is 0 Å². The van der Waals surface area contributed by atoms with Crippen molar-refractivity contribution in [1.29, 1.82) is 0 Å². The standard InChI is InChI=1S/C12H10F4O2/c13-8-4-6(11(15)16)3-7(10(8)14)12(1-2-12)5-9(17)18/h3-4,11H,1-2,5H2,(H,17,18). The second kappa shape index (κ2) is 4.26. The van der Waals surface area contributed by atoms with Crippen molar-refractivity contribution in [3.8, 4) is 0 Å². The van der Waals surface area contributed by atoms with Gasteiger partial charge in [0.05, 0.1) is 6.42 Å². The van der Waals surface area contributed by atoms with E-state index in [2.05, 4.69) is 0 Å². The van der Waals surface area contributed by atoms with Crippen molar-refractivity contribution in [2.75, 3.05) is 0 Å². The Balaban J connectivity index is 2.47. The van der Waals surface area contributed by atoms with Crippen LogP contribution >= 0.6 is 0 Å². The highest BCUT2D eigenvalue weighted by Gasteiger charge is 2.48. The second-order valence-electron chi connectivity index (χ2n) is 4.52. The lowest BCUT2D eigenvalue weighted by Crippen LogP contribution is -2.16. The Bertz CT molecular complexity index is 495. The normalized spacial score (nSPS) is 16.9. The summed E-state index contributed by atoms with van der Waals surface area (Å²) in [6.07, 6.45) is -2.57. The van der Waals surface area contributed by atoms with E-state index < -0.39 is 35.0 Å². The molecule has 98 valence electrons. The Labute approximate surface area is 100 Å². The summed E-state index contributed by atoms with van der Waals surface area (Å²) in [4.78, 5) is 10.7. The van der Waals surface area contributed by atoms with Crippen LogP contribution in [-0.2, 0) is 10.2 Å². The average molecular weight is 262 g/mol. The lowest BCUT2D eigenvalue weighted by Gasteiger charge is -2.16. The third kappa shape index (κ3) is 2.19. The molecule has 0 aromatic heterocycles. The van der Waals surface area contributed by atoms with Gasteiger partial charge >= 0.3 is 5.97 Å². The van der Waals surface area contributed by atoms with E-state index in [1.807, 2.05) is 0 Å². The fourth-order valence-electron chi connectivity index (χ4n) is 2.10. The predicted molar refractivity (Wildman–Crippen MR) is 54.5 cm³/mol. The molecule has 1 aromatic rings. The summed E-state index contributed by atoms with van der Waals surface area (Å²) in [5.74, 6) is -3.74. The monoisotopic (exact) mass is 262 g/mol. The smallest absolute Gasteiger partial charge is 0.304 e. The molecule has 0 bridgehead atoms. The number of hydrogen-bond donors (Lipinski definition) is 1. The summed E-state index contributed by atoms with van der Waals surface area (Å²) in [6, 6.07) is 1.32. The number of carboxylic acid groups (broad SMARTS) is 1. The van der Waals surface area contributed by atoms with E-state index in [0.717, 1.165) is 6.07 Å². The largest absolute Gasteiger partial charge is 0.481 e. The molecule has 0 spiro atoms. The van der Waals surface area contributed by atoms with Crippen molar-refractivity contribution >= 4 is 5.97 Å². The molecule has 1 aromatic carbocycles. The molecule has 0 radical (unpaired) electrons. The number of carbonyl (C=O) groups is 1. The van der Waals surface area contributed by atoms with Crippen molar-refractivity contribution in [1.82, 2.24) is 0 Å². The number of rotatable bonds is 4. The van der Waals surface area contributed by atoms with E-state index in [1.54, 1.807) is 0 Å². The van der Waals surface area contributed by atoms with Gasteiger partial charge in [-0.3, -0.25) is 4.79 Å². The van der Waals surface area contributed by atoms with Crippen LogP contribution in [0.3, 0.4) is 0 Å². The van der Waals surface area contributed by atoms with Crippen LogP contribution < -0.4 is 0 Å². The van der Waals surface area contributed by atoms with Crippen molar-refractivity contribution in [3.05, 3.63) is 34.9 Å². The van der Waals surface area contributed by atoms with Gasteiger partial charge in [0.15, 0.2) is 11.6 Å². The van der Waals surface area contributed by atoms with Crippen molar-refractivity contribution in [2.24, 2.45) is 0 Å². The van der Waals surface area contributed by atoms with Gasteiger partial charge in [0.25, 0.3) is 6.43 Å². The van der Waals surface area contributed by atoms with Crippen LogP contribution in [0.15, 0.2) is 12.1 Å². The Morgan fingerprint density at radius 2 is 1.94 bits per heavy atom. The van der Waals surface area contributed by atoms with Crippen molar-refractivity contribution in [3.63, 3.8) is 0 Å². The second-order valence-corrected chi connectivity index (χ2v) is 4.52. The van der Waals surface area contributed by atoms with E-state index in [-0.39, 0.29) is 12.0 Å². The topological polar surface area (TPSA) is 37.3 Å². The van der Waals surface area contributed by atoms with Crippen LogP contribution in [0.25, 0.3) is 0 Å². The summed E-state index contributed by atoms with van der Waals surface area (Å²) < 4.78 is 51.9. The zero-order valence-electron chi connectivity index (χ0n) is 9.22. The minimum Gasteiger partial charge on any atom is -0.481 e. The fourth-order valence-corrected chi connectivity index (χ4v) is 2.10. The molecule has 1 aliphatic carbocycles. The number of alkyl halides is 2. The number of aliphatic carboxylic acids is 1. The van der Waals surface area contributed by atoms with Crippen LogP contribution in [0.5, 0.6) is 0 Å². The van der Waals surface area contributed by atoms with E-state index >= 15 is 0 Å². The number of hydrogen-bond acceptors (Lipinski definition) is 1. The summed E-state index contributed by atoms with van der Waals surface area (Å²) in [5, 5.41) is 8.72. The van der Waals surface area contributed by atoms with Gasteiger partial charge in [-0.1, -0.05) is 0 Å². The Kier molecular flexibility index (Phi) is 3.04. The van der Waals surface area contributed by atoms with Crippen LogP contribution in [0.4, 0.5) is 17.6 Å². The van der Waals surface area contributed by atoms with Crippen LogP contribution in [-0.4, -0.2) is 11.1 Å². The third-order valence-corrected chi connectivity index (χ3v) is 3.22. The first kappa shape index (κ1) is 12.9. The summed E-state index contributed by atoms with van der Waals surface area (Å²) in [5.41, 5.74) is -1.90. The lowest BCUT2D eigenvalue weighted by molar-refractivity contribution is -0.137. The molecule has 1 aliphatic rings. The highest BCUT2D eigenvalue weighted by atomic mass is 19.3. The SMILES string of the molecule is O=C(O)CC1(c2cc(C(F)F)cc(F)c2F)CC1. The maximum Gasteiger partial charge on any atom is 0.304 e. The number of benzene rings is 1. The zero-order chi connectivity index (χ0) is 13.5. The Morgan fingerprint density at radius 1 is 1.33 bits per heavy atom. The molecule has 2 nitrogen and oxygen atoms in total. The van der Waals surface area contributed by atoms with Crippen LogP contribution in [0.1, 0.15) is 36.8 Å². The molecule has 18 heavy (non-hydrogen) atoms. The minimum atomic E-state index is -2.92. The first-order valence-corrected chi connectivity index (χ1v) is 5.35. The van der Waals surface area contributed by atoms with E-state index in [0.29, 0.717) is 18.9 Å². The molecule has 0 heterocycles. The van der Waals surface area contributed by atoms with Gasteiger partial charge in [-0.05, 0) is 30.5 Å². The number of halogens is 4. The first-order valence-electron chi connectivity index (χ1n) is 5.35. The molecule has 0 unspecified atom stereocenters. The predicted octanol–water partition coefficient (Wildman–Crippen LogP) is 3.41. The number of carboxylic acids is 1. The van der Waals surface area contributed by atoms with Gasteiger partial charge in [-0.15, -0.1) is 0 Å². The molecule has 6 heteroatoms. The minimum absolute atomic E-state index is 0.250. The van der Waals surface area contributed by atoms with E-state index in [1.165, 1.54) is 0 Å². The molecule has 1 N–H and O–H groups in total. The summed E-state index contributed by atoms with van der Waals surface area (Å²) in [6.45, 7) is 0. The Hall–Kier alpha value is -1.59. The lowest BCUT2D eigenvalue weighted by atomic mass is 9.90. The molecule has 0 saturated heterocycles. The van der Waals surface area contributed by atoms with Gasteiger partial charge in [0.1, 0.15) is 0 Å². The van der Waals surface area contributed by atoms with E-state index in [4.69, 9.17) is 5.11 Å². The van der Waals surface area contributed by atoms with Crippen LogP contribution in [0, 0.1) is 11.6 Å². The van der Waals surface area contributed by atoms with E-state index in [9.17, 15) is 22.4 Å². The van der Waals surface area contributed by atoms with Gasteiger partial charge < -0.3 is 5.11 Å².